The molecule has 0 radical (unpaired) electrons. The monoisotopic (exact) mass is 325 g/mol. The maximum atomic E-state index is 12.0. The van der Waals surface area contributed by atoms with Gasteiger partial charge in [0.05, 0.1) is 4.90 Å². The molecule has 1 heterocycles. The smallest absolute Gasteiger partial charge is 0.241 e. The third-order valence-electron chi connectivity index (χ3n) is 2.60. The Labute approximate surface area is 127 Å². The molecule has 0 atom stereocenters. The lowest BCUT2D eigenvalue weighted by molar-refractivity contribution is -0.113. The number of sulfone groups is 1. The molecule has 21 heavy (non-hydrogen) atoms. The SMILES string of the molecule is CCCc1nnc(NC(=O)CS(=O)(=O)c2ccccc2)s1. The Morgan fingerprint density at radius 2 is 1.95 bits per heavy atom. The summed E-state index contributed by atoms with van der Waals surface area (Å²) in [5, 5.41) is 11.4. The van der Waals surface area contributed by atoms with E-state index in [0.29, 0.717) is 5.13 Å². The van der Waals surface area contributed by atoms with Crippen LogP contribution in [0, 0.1) is 0 Å². The van der Waals surface area contributed by atoms with Crippen LogP contribution in [0.25, 0.3) is 0 Å². The van der Waals surface area contributed by atoms with Gasteiger partial charge < -0.3 is 0 Å². The van der Waals surface area contributed by atoms with Crippen molar-refractivity contribution < 1.29 is 13.2 Å². The Kier molecular flexibility index (Phi) is 5.03. The molecule has 112 valence electrons. The standard InChI is InChI=1S/C13H15N3O3S2/c1-2-6-12-15-16-13(20-12)14-11(17)9-21(18,19)10-7-4-3-5-8-10/h3-5,7-8H,2,6,9H2,1H3,(H,14,16,17). The first-order valence-electron chi connectivity index (χ1n) is 6.41. The number of nitrogens with zero attached hydrogens (tertiary/aromatic N) is 2. The molecule has 0 fully saturated rings. The van der Waals surface area contributed by atoms with Crippen LogP contribution in [0.2, 0.25) is 0 Å². The summed E-state index contributed by atoms with van der Waals surface area (Å²) in [4.78, 5) is 11.9. The molecule has 0 saturated carbocycles. The number of carbonyl (C=O) groups is 1. The van der Waals surface area contributed by atoms with Gasteiger partial charge in [0, 0.05) is 6.42 Å². The molecule has 1 aromatic carbocycles. The summed E-state index contributed by atoms with van der Waals surface area (Å²) in [7, 11) is -3.64. The van der Waals surface area contributed by atoms with E-state index in [-0.39, 0.29) is 4.90 Å². The Morgan fingerprint density at radius 1 is 1.24 bits per heavy atom. The molecule has 0 spiro atoms. The van der Waals surface area contributed by atoms with Crippen LogP contribution >= 0.6 is 11.3 Å². The highest BCUT2D eigenvalue weighted by Crippen LogP contribution is 2.17. The highest BCUT2D eigenvalue weighted by molar-refractivity contribution is 7.92. The molecule has 6 nitrogen and oxygen atoms in total. The summed E-state index contributed by atoms with van der Waals surface area (Å²) < 4.78 is 24.1. The average molecular weight is 325 g/mol. The number of hydrogen-bond acceptors (Lipinski definition) is 6. The molecule has 0 aliphatic heterocycles. The van der Waals surface area contributed by atoms with Gasteiger partial charge in [0.15, 0.2) is 9.84 Å². The number of amides is 1. The fraction of sp³-hybridized carbons (Fsp3) is 0.308. The van der Waals surface area contributed by atoms with Crippen LogP contribution in [0.5, 0.6) is 0 Å². The number of anilines is 1. The predicted octanol–water partition coefficient (Wildman–Crippen LogP) is 1.90. The maximum absolute atomic E-state index is 12.0. The Morgan fingerprint density at radius 3 is 2.62 bits per heavy atom. The highest BCUT2D eigenvalue weighted by Gasteiger charge is 2.20. The van der Waals surface area contributed by atoms with Crippen LogP contribution in [-0.2, 0) is 21.1 Å². The van der Waals surface area contributed by atoms with Gasteiger partial charge in [0.1, 0.15) is 10.8 Å². The lowest BCUT2D eigenvalue weighted by Crippen LogP contribution is -2.22. The van der Waals surface area contributed by atoms with E-state index in [9.17, 15) is 13.2 Å². The van der Waals surface area contributed by atoms with E-state index >= 15 is 0 Å². The minimum Gasteiger partial charge on any atom is -0.300 e. The second kappa shape index (κ2) is 6.77. The van der Waals surface area contributed by atoms with Gasteiger partial charge in [-0.05, 0) is 18.6 Å². The second-order valence-electron chi connectivity index (χ2n) is 4.37. The highest BCUT2D eigenvalue weighted by atomic mass is 32.2. The van der Waals surface area contributed by atoms with Crippen molar-refractivity contribution in [2.24, 2.45) is 0 Å². The largest absolute Gasteiger partial charge is 0.300 e. The van der Waals surface area contributed by atoms with Crippen molar-refractivity contribution >= 4 is 32.2 Å². The first-order chi connectivity index (χ1) is 10.0. The minimum atomic E-state index is -3.64. The number of benzene rings is 1. The van der Waals surface area contributed by atoms with Gasteiger partial charge >= 0.3 is 0 Å². The van der Waals surface area contributed by atoms with Gasteiger partial charge in [0.25, 0.3) is 0 Å². The molecule has 0 aliphatic carbocycles. The van der Waals surface area contributed by atoms with Crippen LogP contribution in [0.15, 0.2) is 35.2 Å². The number of carbonyl (C=O) groups excluding carboxylic acids is 1. The second-order valence-corrected chi connectivity index (χ2v) is 7.42. The van der Waals surface area contributed by atoms with Crippen molar-refractivity contribution in [1.82, 2.24) is 10.2 Å². The molecule has 1 aromatic heterocycles. The summed E-state index contributed by atoms with van der Waals surface area (Å²) in [5.41, 5.74) is 0. The molecule has 0 saturated heterocycles. The first kappa shape index (κ1) is 15.6. The van der Waals surface area contributed by atoms with Crippen LogP contribution in [-0.4, -0.2) is 30.3 Å². The van der Waals surface area contributed by atoms with Crippen LogP contribution in [0.4, 0.5) is 5.13 Å². The summed E-state index contributed by atoms with van der Waals surface area (Å²) in [6, 6.07) is 7.88. The van der Waals surface area contributed by atoms with E-state index in [1.165, 1.54) is 23.5 Å². The van der Waals surface area contributed by atoms with Crippen molar-refractivity contribution in [3.8, 4) is 0 Å². The number of aromatic nitrogens is 2. The van der Waals surface area contributed by atoms with E-state index in [1.54, 1.807) is 18.2 Å². The summed E-state index contributed by atoms with van der Waals surface area (Å²) in [6.45, 7) is 2.02. The van der Waals surface area contributed by atoms with E-state index in [2.05, 4.69) is 15.5 Å². The van der Waals surface area contributed by atoms with Crippen molar-refractivity contribution in [2.45, 2.75) is 24.7 Å². The van der Waals surface area contributed by atoms with E-state index in [0.717, 1.165) is 17.8 Å². The molecular formula is C13H15N3O3S2. The van der Waals surface area contributed by atoms with Gasteiger partial charge in [-0.25, -0.2) is 8.42 Å². The van der Waals surface area contributed by atoms with Gasteiger partial charge in [-0.3, -0.25) is 10.1 Å². The Balaban J connectivity index is 2.01. The minimum absolute atomic E-state index is 0.129. The van der Waals surface area contributed by atoms with Crippen LogP contribution < -0.4 is 5.32 Å². The predicted molar refractivity (Wildman–Crippen MR) is 81.0 cm³/mol. The summed E-state index contributed by atoms with van der Waals surface area (Å²) >= 11 is 1.26. The molecule has 0 aliphatic rings. The number of hydrogen-bond donors (Lipinski definition) is 1. The van der Waals surface area contributed by atoms with Gasteiger partial charge in [0.2, 0.25) is 11.0 Å². The lowest BCUT2D eigenvalue weighted by Gasteiger charge is -2.03. The number of aryl methyl sites for hydroxylation is 1. The summed E-state index contributed by atoms with van der Waals surface area (Å²) in [6.07, 6.45) is 1.72. The van der Waals surface area contributed by atoms with Crippen LogP contribution in [0.3, 0.4) is 0 Å². The van der Waals surface area contributed by atoms with Crippen LogP contribution in [0.1, 0.15) is 18.4 Å². The van der Waals surface area contributed by atoms with E-state index in [4.69, 9.17) is 0 Å². The Hall–Kier alpha value is -1.80. The maximum Gasteiger partial charge on any atom is 0.241 e. The number of rotatable bonds is 6. The zero-order valence-corrected chi connectivity index (χ0v) is 13.1. The molecule has 2 rings (SSSR count). The quantitative estimate of drug-likeness (QED) is 0.876. The topological polar surface area (TPSA) is 89.0 Å². The average Bonchev–Trinajstić information content (AvgIpc) is 2.87. The fourth-order valence-corrected chi connectivity index (χ4v) is 3.67. The zero-order valence-electron chi connectivity index (χ0n) is 11.4. The zero-order chi connectivity index (χ0) is 15.3. The molecule has 1 N–H and O–H groups in total. The lowest BCUT2D eigenvalue weighted by atomic mass is 10.4. The van der Waals surface area contributed by atoms with Gasteiger partial charge in [-0.15, -0.1) is 10.2 Å². The summed E-state index contributed by atoms with van der Waals surface area (Å²) in [5.74, 6) is -1.22. The van der Waals surface area contributed by atoms with E-state index < -0.39 is 21.5 Å². The first-order valence-corrected chi connectivity index (χ1v) is 8.88. The van der Waals surface area contributed by atoms with Crippen molar-refractivity contribution in [2.75, 3.05) is 11.1 Å². The Bertz CT molecular complexity index is 711. The molecule has 0 unspecified atom stereocenters. The molecule has 8 heteroatoms. The molecule has 1 amide bonds. The van der Waals surface area contributed by atoms with E-state index in [1.807, 2.05) is 6.92 Å². The number of nitrogens with one attached hydrogen (secondary N) is 1. The van der Waals surface area contributed by atoms with Crippen molar-refractivity contribution in [1.29, 1.82) is 0 Å². The molecule has 0 bridgehead atoms. The van der Waals surface area contributed by atoms with Gasteiger partial charge in [-0.2, -0.15) is 0 Å². The third kappa shape index (κ3) is 4.33. The normalized spacial score (nSPS) is 11.3. The van der Waals surface area contributed by atoms with Crippen molar-refractivity contribution in [3.05, 3.63) is 35.3 Å². The third-order valence-corrected chi connectivity index (χ3v) is 5.13. The molecule has 2 aromatic rings. The molecular weight excluding hydrogens is 310 g/mol. The van der Waals surface area contributed by atoms with Gasteiger partial charge in [-0.1, -0.05) is 36.5 Å². The fourth-order valence-electron chi connectivity index (χ4n) is 1.66. The van der Waals surface area contributed by atoms with Crippen molar-refractivity contribution in [3.63, 3.8) is 0 Å².